The largest absolute Gasteiger partial charge is 0.453 e. The van der Waals surface area contributed by atoms with Crippen molar-refractivity contribution in [1.82, 2.24) is 4.90 Å². The zero-order valence-corrected chi connectivity index (χ0v) is 22.4. The molecule has 4 rings (SSSR count). The minimum atomic E-state index is -0.896. The van der Waals surface area contributed by atoms with Crippen LogP contribution in [0.25, 0.3) is 0 Å². The fourth-order valence-corrected chi connectivity index (χ4v) is 5.13. The Bertz CT molecular complexity index is 1050. The monoisotopic (exact) mass is 524 g/mol. The molecule has 0 saturated carbocycles. The number of hydrogen-bond donors (Lipinski definition) is 2. The van der Waals surface area contributed by atoms with Gasteiger partial charge < -0.3 is 29.5 Å². The Morgan fingerprint density at radius 1 is 1.03 bits per heavy atom. The number of aliphatic hydroxyl groups is 1. The van der Waals surface area contributed by atoms with Crippen molar-refractivity contribution in [1.29, 1.82) is 0 Å². The molecular formula is C30H40N2O6. The topological polar surface area (TPSA) is 97.3 Å². The zero-order chi connectivity index (χ0) is 26.9. The van der Waals surface area contributed by atoms with Crippen LogP contribution in [0.4, 0.5) is 5.69 Å². The highest BCUT2D eigenvalue weighted by atomic mass is 16.7. The highest BCUT2D eigenvalue weighted by molar-refractivity contribution is 5.95. The smallest absolute Gasteiger partial charge is 0.303 e. The summed E-state index contributed by atoms with van der Waals surface area (Å²) >= 11 is 0. The van der Waals surface area contributed by atoms with E-state index in [1.165, 1.54) is 46.0 Å². The Labute approximate surface area is 225 Å². The van der Waals surface area contributed by atoms with E-state index in [1.54, 1.807) is 6.07 Å². The van der Waals surface area contributed by atoms with Crippen LogP contribution in [-0.2, 0) is 30.4 Å². The number of nitrogens with zero attached hydrogens (tertiary/aromatic N) is 1. The number of rotatable bonds is 8. The summed E-state index contributed by atoms with van der Waals surface area (Å²) in [6.45, 7) is 5.84. The molecule has 4 atom stereocenters. The average Bonchev–Trinajstić information content (AvgIpc) is 2.90. The standard InChI is InChI=1S/C30H40N2O6/c1-21(36-22(2)34)29(35)31-26-10-8-9-25(17-26)30-37-27(19-32-15-6-4-3-5-7-16-32)18-28(38-30)24-13-11-23(20-33)12-14-24/h8-14,17,21,27-28,30,33H,3-7,15-16,18-20H2,1-2H3,(H,31,35). The Hall–Kier alpha value is -2.78. The first-order valence-electron chi connectivity index (χ1n) is 13.7. The van der Waals surface area contributed by atoms with Crippen LogP contribution in [0.1, 0.15) is 81.5 Å². The third-order valence-corrected chi connectivity index (χ3v) is 7.16. The maximum Gasteiger partial charge on any atom is 0.303 e. The van der Waals surface area contributed by atoms with Gasteiger partial charge in [0.1, 0.15) is 0 Å². The molecule has 0 aromatic heterocycles. The average molecular weight is 525 g/mol. The van der Waals surface area contributed by atoms with E-state index >= 15 is 0 Å². The molecule has 206 valence electrons. The SMILES string of the molecule is CC(=O)OC(C)C(=O)Nc1cccc(C2OC(CN3CCCCCCC3)CC(c3ccc(CO)cc3)O2)c1. The molecule has 2 saturated heterocycles. The summed E-state index contributed by atoms with van der Waals surface area (Å²) in [6, 6.07) is 15.3. The van der Waals surface area contributed by atoms with Crippen LogP contribution in [0, 0.1) is 0 Å². The lowest BCUT2D eigenvalue weighted by Gasteiger charge is -2.39. The van der Waals surface area contributed by atoms with Gasteiger partial charge in [-0.1, -0.05) is 55.7 Å². The van der Waals surface area contributed by atoms with Crippen LogP contribution in [0.2, 0.25) is 0 Å². The molecule has 2 aromatic carbocycles. The molecule has 2 heterocycles. The van der Waals surface area contributed by atoms with Crippen molar-refractivity contribution in [2.45, 2.75) is 83.6 Å². The van der Waals surface area contributed by atoms with Gasteiger partial charge in [0.15, 0.2) is 12.4 Å². The molecule has 2 aromatic rings. The molecule has 4 unspecified atom stereocenters. The van der Waals surface area contributed by atoms with Gasteiger partial charge in [-0.3, -0.25) is 9.59 Å². The van der Waals surface area contributed by atoms with E-state index in [-0.39, 0.29) is 18.8 Å². The number of nitrogens with one attached hydrogen (secondary N) is 1. The minimum absolute atomic E-state index is 0.00368. The van der Waals surface area contributed by atoms with Crippen molar-refractivity contribution in [2.75, 3.05) is 25.0 Å². The lowest BCUT2D eigenvalue weighted by molar-refractivity contribution is -0.253. The highest BCUT2D eigenvalue weighted by Crippen LogP contribution is 2.38. The second kappa shape index (κ2) is 13.8. The first-order chi connectivity index (χ1) is 18.4. The number of aliphatic hydroxyl groups excluding tert-OH is 1. The van der Waals surface area contributed by atoms with Gasteiger partial charge in [-0.25, -0.2) is 0 Å². The number of carbonyl (C=O) groups is 2. The van der Waals surface area contributed by atoms with Gasteiger partial charge in [0.25, 0.3) is 5.91 Å². The van der Waals surface area contributed by atoms with Gasteiger partial charge in [-0.05, 0) is 56.1 Å². The van der Waals surface area contributed by atoms with Gasteiger partial charge in [-0.15, -0.1) is 0 Å². The number of benzene rings is 2. The lowest BCUT2D eigenvalue weighted by Crippen LogP contribution is -2.40. The fourth-order valence-electron chi connectivity index (χ4n) is 5.13. The summed E-state index contributed by atoms with van der Waals surface area (Å²) in [4.78, 5) is 26.2. The van der Waals surface area contributed by atoms with Crippen molar-refractivity contribution in [3.8, 4) is 0 Å². The van der Waals surface area contributed by atoms with E-state index in [9.17, 15) is 14.7 Å². The molecule has 2 aliphatic heterocycles. The van der Waals surface area contributed by atoms with E-state index in [2.05, 4.69) is 10.2 Å². The van der Waals surface area contributed by atoms with Crippen molar-refractivity contribution in [3.63, 3.8) is 0 Å². The quantitative estimate of drug-likeness (QED) is 0.475. The molecule has 38 heavy (non-hydrogen) atoms. The van der Waals surface area contributed by atoms with Crippen LogP contribution in [-0.4, -0.2) is 53.7 Å². The third-order valence-electron chi connectivity index (χ3n) is 7.16. The van der Waals surface area contributed by atoms with Crippen LogP contribution in [0.5, 0.6) is 0 Å². The van der Waals surface area contributed by atoms with E-state index in [0.29, 0.717) is 5.69 Å². The maximum absolute atomic E-state index is 12.5. The van der Waals surface area contributed by atoms with Gasteiger partial charge in [0, 0.05) is 31.1 Å². The van der Waals surface area contributed by atoms with Crippen molar-refractivity contribution < 1.29 is 28.9 Å². The second-order valence-electron chi connectivity index (χ2n) is 10.3. The van der Waals surface area contributed by atoms with Crippen LogP contribution < -0.4 is 5.32 Å². The summed E-state index contributed by atoms with van der Waals surface area (Å²) in [5, 5.41) is 12.3. The number of esters is 1. The molecule has 2 N–H and O–H groups in total. The number of hydrogen-bond acceptors (Lipinski definition) is 7. The molecule has 0 bridgehead atoms. The van der Waals surface area contributed by atoms with E-state index in [1.807, 2.05) is 42.5 Å². The Morgan fingerprint density at radius 2 is 1.74 bits per heavy atom. The predicted octanol–water partition coefficient (Wildman–Crippen LogP) is 4.88. The van der Waals surface area contributed by atoms with Gasteiger partial charge >= 0.3 is 5.97 Å². The van der Waals surface area contributed by atoms with Gasteiger partial charge in [0.2, 0.25) is 0 Å². The van der Waals surface area contributed by atoms with Crippen molar-refractivity contribution >= 4 is 17.6 Å². The molecule has 0 radical (unpaired) electrons. The van der Waals surface area contributed by atoms with E-state index < -0.39 is 24.3 Å². The number of amides is 1. The number of ether oxygens (including phenoxy) is 3. The number of carbonyl (C=O) groups excluding carboxylic acids is 2. The minimum Gasteiger partial charge on any atom is -0.453 e. The molecule has 8 heteroatoms. The third kappa shape index (κ3) is 8.11. The maximum atomic E-state index is 12.5. The van der Waals surface area contributed by atoms with Crippen LogP contribution in [0.3, 0.4) is 0 Å². The molecular weight excluding hydrogens is 484 g/mol. The molecule has 2 aliphatic rings. The molecule has 0 aliphatic carbocycles. The predicted molar refractivity (Wildman–Crippen MR) is 144 cm³/mol. The molecule has 8 nitrogen and oxygen atoms in total. The van der Waals surface area contributed by atoms with Crippen LogP contribution in [0.15, 0.2) is 48.5 Å². The summed E-state index contributed by atoms with van der Waals surface area (Å²) in [5.74, 6) is -0.908. The summed E-state index contributed by atoms with van der Waals surface area (Å²) in [7, 11) is 0. The first kappa shape index (κ1) is 28.2. The zero-order valence-electron chi connectivity index (χ0n) is 22.4. The van der Waals surface area contributed by atoms with Crippen molar-refractivity contribution in [2.24, 2.45) is 0 Å². The van der Waals surface area contributed by atoms with Crippen molar-refractivity contribution in [3.05, 3.63) is 65.2 Å². The van der Waals surface area contributed by atoms with E-state index in [4.69, 9.17) is 14.2 Å². The second-order valence-corrected chi connectivity index (χ2v) is 10.3. The summed E-state index contributed by atoms with van der Waals surface area (Å²) < 4.78 is 18.0. The van der Waals surface area contributed by atoms with Gasteiger partial charge in [-0.2, -0.15) is 0 Å². The first-order valence-corrected chi connectivity index (χ1v) is 13.7. The van der Waals surface area contributed by atoms with Gasteiger partial charge in [0.05, 0.1) is 18.8 Å². The Balaban J connectivity index is 1.51. The fraction of sp³-hybridized carbons (Fsp3) is 0.533. The lowest BCUT2D eigenvalue weighted by atomic mass is 9.99. The highest BCUT2D eigenvalue weighted by Gasteiger charge is 2.33. The Kier molecular flexibility index (Phi) is 10.3. The number of anilines is 1. The summed E-state index contributed by atoms with van der Waals surface area (Å²) in [6.07, 6.45) is 5.37. The normalized spacial score (nSPS) is 23.6. The molecule has 1 amide bonds. The van der Waals surface area contributed by atoms with E-state index in [0.717, 1.165) is 42.7 Å². The number of likely N-dealkylation sites (tertiary alicyclic amines) is 1. The van der Waals surface area contributed by atoms with Crippen LogP contribution >= 0.6 is 0 Å². The Morgan fingerprint density at radius 3 is 2.42 bits per heavy atom. The molecule has 2 fully saturated rings. The molecule has 0 spiro atoms. The summed E-state index contributed by atoms with van der Waals surface area (Å²) in [5.41, 5.74) is 3.29.